The summed E-state index contributed by atoms with van der Waals surface area (Å²) in [6.45, 7) is 5.62. The lowest BCUT2D eigenvalue weighted by atomic mass is 10.0. The Morgan fingerprint density at radius 1 is 0.378 bits per heavy atom. The third-order valence-corrected chi connectivity index (χ3v) is 15.1. The number of hydrogen-bond acceptors (Lipinski definition) is 12. The molecule has 0 radical (unpaired) electrons. The fourth-order valence-corrected chi connectivity index (χ4v) is 10.3. The Bertz CT molecular complexity index is 4190. The van der Waals surface area contributed by atoms with Crippen LogP contribution >= 0.6 is 46.4 Å². The number of carboxylic acids is 1. The van der Waals surface area contributed by atoms with Crippen molar-refractivity contribution in [3.63, 3.8) is 0 Å². The van der Waals surface area contributed by atoms with Crippen LogP contribution in [0.5, 0.6) is 40.2 Å². The topological polar surface area (TPSA) is 214 Å². The highest BCUT2D eigenvalue weighted by Crippen LogP contribution is 2.39. The number of carbonyl (C=O) groups is 4. The highest BCUT2D eigenvalue weighted by Gasteiger charge is 2.19. The average molecular weight is 1290 g/mol. The first-order chi connectivity index (χ1) is 43.1. The van der Waals surface area contributed by atoms with Crippen molar-refractivity contribution < 1.29 is 57.8 Å². The van der Waals surface area contributed by atoms with Gasteiger partial charge in [-0.05, 0) is 141 Å². The maximum Gasteiger partial charge on any atom is 0.335 e. The second-order valence-electron chi connectivity index (χ2n) is 19.8. The molecular formula is C71H63Cl4N3O12. The smallest absolute Gasteiger partial charge is 0.335 e. The third kappa shape index (κ3) is 16.8. The summed E-state index contributed by atoms with van der Waals surface area (Å²) >= 11 is 23.5. The van der Waals surface area contributed by atoms with Crippen molar-refractivity contribution in [3.8, 4) is 40.2 Å². The van der Waals surface area contributed by atoms with Crippen molar-refractivity contribution in [1.82, 2.24) is 0 Å². The van der Waals surface area contributed by atoms with Crippen LogP contribution in [0.1, 0.15) is 58.1 Å². The van der Waals surface area contributed by atoms with E-state index in [9.17, 15) is 24.3 Å². The van der Waals surface area contributed by atoms with Crippen LogP contribution in [0.15, 0.2) is 182 Å². The summed E-state index contributed by atoms with van der Waals surface area (Å²) in [5, 5.41) is 33.5. The number of fused-ring (bicyclic) bond motifs is 4. The molecule has 0 unspecified atom stereocenters. The third-order valence-electron chi connectivity index (χ3n) is 14.0. The predicted octanol–water partition coefficient (Wildman–Crippen LogP) is 17.9. The molecule has 0 aromatic heterocycles. The Balaban J connectivity index is 0.000000166. The first-order valence-electron chi connectivity index (χ1n) is 27.4. The minimum Gasteiger partial charge on any atom is -0.507 e. The summed E-state index contributed by atoms with van der Waals surface area (Å²) in [6.07, 6.45) is 0. The van der Waals surface area contributed by atoms with Gasteiger partial charge in [0.15, 0.2) is 0 Å². The van der Waals surface area contributed by atoms with Crippen LogP contribution in [0.25, 0.3) is 43.1 Å². The first kappa shape index (κ1) is 67.6. The van der Waals surface area contributed by atoms with Gasteiger partial charge in [-0.15, -0.1) is 0 Å². The molecule has 11 aromatic rings. The lowest BCUT2D eigenvalue weighted by Gasteiger charge is -2.14. The minimum atomic E-state index is -0.867. The summed E-state index contributed by atoms with van der Waals surface area (Å²) in [7, 11) is 9.10. The average Bonchev–Trinajstić information content (AvgIpc) is 1.72. The molecule has 0 aliphatic heterocycles. The van der Waals surface area contributed by atoms with Gasteiger partial charge in [0.05, 0.1) is 85.9 Å². The summed E-state index contributed by atoms with van der Waals surface area (Å²) in [5.41, 5.74) is 11.3. The molecule has 0 heterocycles. The molecule has 462 valence electrons. The van der Waals surface area contributed by atoms with E-state index in [1.54, 1.807) is 55.6 Å². The molecule has 0 spiro atoms. The van der Waals surface area contributed by atoms with Crippen LogP contribution in [0, 0.1) is 20.8 Å². The Hall–Kier alpha value is -9.90. The number of aryl methyl sites for hydroxylation is 3. The molecule has 90 heavy (non-hydrogen) atoms. The van der Waals surface area contributed by atoms with Gasteiger partial charge in [0.1, 0.15) is 40.2 Å². The monoisotopic (exact) mass is 1290 g/mol. The number of carbonyl (C=O) groups excluding carboxylic acids is 3. The summed E-state index contributed by atoms with van der Waals surface area (Å²) in [5.74, 6) is 1.26. The number of amides is 2. The van der Waals surface area contributed by atoms with Gasteiger partial charge in [0.25, 0.3) is 17.1 Å². The van der Waals surface area contributed by atoms with E-state index in [1.807, 2.05) is 148 Å². The van der Waals surface area contributed by atoms with E-state index in [0.717, 1.165) is 59.8 Å². The second kappa shape index (κ2) is 31.3. The van der Waals surface area contributed by atoms with E-state index in [1.165, 1.54) is 41.6 Å². The first-order valence-corrected chi connectivity index (χ1v) is 28.9. The zero-order chi connectivity index (χ0) is 65.3. The molecule has 11 rings (SSSR count). The number of benzene rings is 11. The SMILES string of the molecule is COc1cc(OC)c(Cl)cc1N.COc1cc(OC)c(NC(=O)c2cc3ccccc3cc2C)cc1Cl.COc1cc(OC)c(NC(=O)c2cc3ccccc3cc2O)cc1Cl.Cc1cc2ccccc2cc1C(=O)Cl.Cc1cc2ccccc2cc1C(=O)O. The quantitative estimate of drug-likeness (QED) is 0.0569. The van der Waals surface area contributed by atoms with Gasteiger partial charge >= 0.3 is 5.97 Å². The van der Waals surface area contributed by atoms with Crippen LogP contribution in [-0.4, -0.2) is 75.9 Å². The van der Waals surface area contributed by atoms with Gasteiger partial charge in [-0.1, -0.05) is 150 Å². The van der Waals surface area contributed by atoms with Crippen molar-refractivity contribution >= 4 is 130 Å². The summed E-state index contributed by atoms with van der Waals surface area (Å²) < 4.78 is 30.9. The molecule has 0 aliphatic rings. The number of phenolic OH excluding ortho intramolecular Hbond substituents is 1. The van der Waals surface area contributed by atoms with E-state index in [0.29, 0.717) is 83.3 Å². The molecule has 0 saturated carbocycles. The number of aromatic carboxylic acids is 1. The van der Waals surface area contributed by atoms with Crippen molar-refractivity contribution in [2.24, 2.45) is 0 Å². The van der Waals surface area contributed by atoms with Crippen molar-refractivity contribution in [1.29, 1.82) is 0 Å². The number of carboxylic acid groups (broad SMARTS) is 1. The van der Waals surface area contributed by atoms with Crippen LogP contribution in [-0.2, 0) is 0 Å². The highest BCUT2D eigenvalue weighted by molar-refractivity contribution is 6.68. The van der Waals surface area contributed by atoms with E-state index in [4.69, 9.17) is 85.7 Å². The van der Waals surface area contributed by atoms with Gasteiger partial charge in [-0.2, -0.15) is 0 Å². The number of nitrogens with one attached hydrogen (secondary N) is 2. The number of anilines is 3. The molecule has 0 bridgehead atoms. The maximum atomic E-state index is 12.8. The molecule has 19 heteroatoms. The van der Waals surface area contributed by atoms with Gasteiger partial charge in [0.2, 0.25) is 0 Å². The molecule has 11 aromatic carbocycles. The number of nitrogens with two attached hydrogens (primary N) is 1. The minimum absolute atomic E-state index is 0.102. The molecule has 0 saturated heterocycles. The maximum absolute atomic E-state index is 12.8. The summed E-state index contributed by atoms with van der Waals surface area (Å²) in [6, 6.07) is 55.2. The van der Waals surface area contributed by atoms with Crippen molar-refractivity contribution in [2.45, 2.75) is 20.8 Å². The van der Waals surface area contributed by atoms with Gasteiger partial charge in [-0.25, -0.2) is 4.79 Å². The van der Waals surface area contributed by atoms with Gasteiger partial charge in [-0.3, -0.25) is 14.4 Å². The number of aromatic hydroxyl groups is 1. The lowest BCUT2D eigenvalue weighted by Crippen LogP contribution is -2.14. The van der Waals surface area contributed by atoms with Crippen LogP contribution in [0.3, 0.4) is 0 Å². The zero-order valence-electron chi connectivity index (χ0n) is 50.4. The predicted molar refractivity (Wildman–Crippen MR) is 363 cm³/mol. The molecular weight excluding hydrogens is 1230 g/mol. The van der Waals surface area contributed by atoms with Crippen molar-refractivity contribution in [3.05, 3.63) is 236 Å². The normalized spacial score (nSPS) is 10.4. The molecule has 2 amide bonds. The Morgan fingerprint density at radius 3 is 1.03 bits per heavy atom. The second-order valence-corrected chi connectivity index (χ2v) is 21.4. The molecule has 15 nitrogen and oxygen atoms in total. The number of hydrogen-bond donors (Lipinski definition) is 5. The molecule has 0 fully saturated rings. The number of rotatable bonds is 12. The summed E-state index contributed by atoms with van der Waals surface area (Å²) in [4.78, 5) is 47.3. The fourth-order valence-electron chi connectivity index (χ4n) is 9.34. The fraction of sp³-hybridized carbons (Fsp3) is 0.127. The van der Waals surface area contributed by atoms with Gasteiger partial charge in [0, 0.05) is 29.3 Å². The van der Waals surface area contributed by atoms with E-state index >= 15 is 0 Å². The number of ether oxygens (including phenoxy) is 6. The Morgan fingerprint density at radius 2 is 0.667 bits per heavy atom. The lowest BCUT2D eigenvalue weighted by molar-refractivity contribution is 0.0695. The van der Waals surface area contributed by atoms with Crippen molar-refractivity contribution in [2.75, 3.05) is 59.0 Å². The molecule has 0 aliphatic carbocycles. The highest BCUT2D eigenvalue weighted by atomic mass is 35.5. The van der Waals surface area contributed by atoms with Crippen LogP contribution in [0.4, 0.5) is 17.1 Å². The van der Waals surface area contributed by atoms with Crippen LogP contribution < -0.4 is 44.8 Å². The number of methoxy groups -OCH3 is 6. The zero-order valence-corrected chi connectivity index (χ0v) is 53.4. The number of phenols is 1. The van der Waals surface area contributed by atoms with Crippen LogP contribution in [0.2, 0.25) is 15.1 Å². The number of nitrogen functional groups attached to an aromatic ring is 1. The standard InChI is InChI=1S/C20H18ClNO3.C19H16ClNO4.C12H9ClO.C12H10O2.C8H10ClNO2/c1-12-8-13-6-4-5-7-14(13)9-15(12)20(23)22-17-10-16(21)18(24-2)11-19(17)25-3;1-24-17-10-18(25-2)15(9-14(17)20)21-19(23)13-7-11-5-3-4-6-12(11)8-16(13)22;2*1-8-6-9-4-2-3-5-10(9)7-11(8)12(13)14;1-11-7-4-8(12-2)6(10)3-5(7)9/h4-11H,1-3H3,(H,22,23);3-10,22H,1-2H3,(H,21,23);2-7H,1H3;2-7H,1H3,(H,13,14);3-4H,10H2,1-2H3. The Kier molecular flexibility index (Phi) is 23.5. The Labute approximate surface area is 540 Å². The van der Waals surface area contributed by atoms with Gasteiger partial charge < -0.3 is 55.0 Å². The van der Waals surface area contributed by atoms with E-state index in [-0.39, 0.29) is 17.2 Å². The van der Waals surface area contributed by atoms with E-state index in [2.05, 4.69) is 10.6 Å². The largest absolute Gasteiger partial charge is 0.507 e. The molecule has 6 N–H and O–H groups in total. The van der Waals surface area contributed by atoms with E-state index < -0.39 is 17.1 Å². The number of halogens is 4. The molecule has 0 atom stereocenters.